The highest BCUT2D eigenvalue weighted by Gasteiger charge is 2.35. The quantitative estimate of drug-likeness (QED) is 0.839. The summed E-state index contributed by atoms with van der Waals surface area (Å²) in [5, 5.41) is 3.40. The second-order valence-electron chi connectivity index (χ2n) is 7.14. The lowest BCUT2D eigenvalue weighted by Gasteiger charge is -2.41. The Kier molecular flexibility index (Phi) is 5.37. The minimum Gasteiger partial charge on any atom is -0.317 e. The number of benzene rings is 1. The van der Waals surface area contributed by atoms with Crippen LogP contribution in [0, 0.1) is 28.9 Å². The van der Waals surface area contributed by atoms with Crippen molar-refractivity contribution in [2.75, 3.05) is 13.1 Å². The molecule has 0 heterocycles. The lowest BCUT2D eigenvalue weighted by molar-refractivity contribution is 0.115. The van der Waals surface area contributed by atoms with Crippen LogP contribution in [0.15, 0.2) is 18.2 Å². The van der Waals surface area contributed by atoms with Gasteiger partial charge in [0.05, 0.1) is 0 Å². The summed E-state index contributed by atoms with van der Waals surface area (Å²) in [5.41, 5.74) is 0.538. The van der Waals surface area contributed by atoms with E-state index in [1.54, 1.807) is 0 Å². The van der Waals surface area contributed by atoms with Crippen LogP contribution in [0.1, 0.15) is 45.6 Å². The van der Waals surface area contributed by atoms with Crippen LogP contribution in [0.3, 0.4) is 0 Å². The Morgan fingerprint density at radius 1 is 1.19 bits per heavy atom. The molecule has 2 rings (SSSR count). The van der Waals surface area contributed by atoms with Gasteiger partial charge in [-0.15, -0.1) is 0 Å². The normalized spacial score (nSPS) is 25.0. The van der Waals surface area contributed by atoms with Crippen LogP contribution in [0.25, 0.3) is 0 Å². The maximum absolute atomic E-state index is 13.9. The van der Waals surface area contributed by atoms with Crippen molar-refractivity contribution in [1.82, 2.24) is 5.32 Å². The molecule has 3 heteroatoms. The highest BCUT2D eigenvalue weighted by Crippen LogP contribution is 2.43. The summed E-state index contributed by atoms with van der Waals surface area (Å²) in [7, 11) is 0. The largest absolute Gasteiger partial charge is 0.317 e. The minimum atomic E-state index is -0.402. The standard InChI is InChI=1S/C18H27F2N/c1-4-21-12-13-8-9-18(2,3)11-14(13)10-15-16(19)6-5-7-17(15)20/h5-7,13-14,21H,4,8-12H2,1-3H3. The number of hydrogen-bond acceptors (Lipinski definition) is 1. The predicted molar refractivity (Wildman–Crippen MR) is 83.2 cm³/mol. The molecule has 1 aromatic rings. The van der Waals surface area contributed by atoms with Gasteiger partial charge < -0.3 is 5.32 Å². The molecule has 1 aliphatic rings. The molecule has 0 bridgehead atoms. The topological polar surface area (TPSA) is 12.0 Å². The molecule has 0 amide bonds. The Balaban J connectivity index is 2.15. The zero-order valence-corrected chi connectivity index (χ0v) is 13.4. The van der Waals surface area contributed by atoms with E-state index in [1.807, 2.05) is 0 Å². The first-order valence-electron chi connectivity index (χ1n) is 8.06. The first-order valence-corrected chi connectivity index (χ1v) is 8.06. The van der Waals surface area contributed by atoms with E-state index in [1.165, 1.54) is 24.6 Å². The van der Waals surface area contributed by atoms with Crippen LogP contribution in [0.5, 0.6) is 0 Å². The van der Waals surface area contributed by atoms with Gasteiger partial charge in [-0.1, -0.05) is 26.8 Å². The molecule has 1 aromatic carbocycles. The zero-order chi connectivity index (χ0) is 15.5. The maximum atomic E-state index is 13.9. The Bertz CT molecular complexity index is 450. The van der Waals surface area contributed by atoms with Crippen LogP contribution >= 0.6 is 0 Å². The zero-order valence-electron chi connectivity index (χ0n) is 13.4. The van der Waals surface area contributed by atoms with Crippen LogP contribution < -0.4 is 5.32 Å². The highest BCUT2D eigenvalue weighted by molar-refractivity contribution is 5.20. The summed E-state index contributed by atoms with van der Waals surface area (Å²) in [4.78, 5) is 0. The summed E-state index contributed by atoms with van der Waals surface area (Å²) < 4.78 is 27.8. The van der Waals surface area contributed by atoms with E-state index in [2.05, 4.69) is 26.1 Å². The fourth-order valence-corrected chi connectivity index (χ4v) is 3.62. The van der Waals surface area contributed by atoms with E-state index in [9.17, 15) is 8.78 Å². The van der Waals surface area contributed by atoms with Crippen molar-refractivity contribution in [3.05, 3.63) is 35.4 Å². The molecule has 0 spiro atoms. The lowest BCUT2D eigenvalue weighted by Crippen LogP contribution is -2.37. The Hall–Kier alpha value is -0.960. The molecule has 118 valence electrons. The van der Waals surface area contributed by atoms with Gasteiger partial charge in [-0.25, -0.2) is 8.78 Å². The van der Waals surface area contributed by atoms with Crippen molar-refractivity contribution in [2.45, 2.75) is 46.5 Å². The van der Waals surface area contributed by atoms with Crippen molar-refractivity contribution in [3.63, 3.8) is 0 Å². The molecule has 2 atom stereocenters. The summed E-state index contributed by atoms with van der Waals surface area (Å²) in [5.74, 6) is 0.0531. The average Bonchev–Trinajstić information content (AvgIpc) is 2.41. The molecule has 1 N–H and O–H groups in total. The first kappa shape index (κ1) is 16.4. The summed E-state index contributed by atoms with van der Waals surface area (Å²) in [6.07, 6.45) is 3.88. The Labute approximate surface area is 127 Å². The van der Waals surface area contributed by atoms with E-state index in [0.717, 1.165) is 25.9 Å². The molecule has 1 aliphatic carbocycles. The molecule has 1 fully saturated rings. The number of nitrogens with one attached hydrogen (secondary N) is 1. The third-order valence-electron chi connectivity index (χ3n) is 4.86. The first-order chi connectivity index (χ1) is 9.93. The third-order valence-corrected chi connectivity index (χ3v) is 4.86. The van der Waals surface area contributed by atoms with Gasteiger partial charge in [-0.3, -0.25) is 0 Å². The van der Waals surface area contributed by atoms with Crippen molar-refractivity contribution in [3.8, 4) is 0 Å². The van der Waals surface area contributed by atoms with Gasteiger partial charge >= 0.3 is 0 Å². The van der Waals surface area contributed by atoms with E-state index < -0.39 is 11.6 Å². The summed E-state index contributed by atoms with van der Waals surface area (Å²) in [6, 6.07) is 4.17. The molecular formula is C18H27F2N. The predicted octanol–water partition coefficient (Wildman–Crippen LogP) is 4.56. The van der Waals surface area contributed by atoms with Crippen molar-refractivity contribution in [1.29, 1.82) is 0 Å². The van der Waals surface area contributed by atoms with Crippen molar-refractivity contribution < 1.29 is 8.78 Å². The molecule has 0 aromatic heterocycles. The third kappa shape index (κ3) is 4.26. The fraction of sp³-hybridized carbons (Fsp3) is 0.667. The van der Waals surface area contributed by atoms with Gasteiger partial charge in [-0.05, 0) is 68.2 Å². The second-order valence-corrected chi connectivity index (χ2v) is 7.14. The minimum absolute atomic E-state index is 0.265. The van der Waals surface area contributed by atoms with E-state index in [-0.39, 0.29) is 11.0 Å². The number of hydrogen-bond donors (Lipinski definition) is 1. The molecular weight excluding hydrogens is 268 g/mol. The molecule has 1 nitrogen and oxygen atoms in total. The Morgan fingerprint density at radius 2 is 1.86 bits per heavy atom. The van der Waals surface area contributed by atoms with Gasteiger partial charge in [0.25, 0.3) is 0 Å². The monoisotopic (exact) mass is 295 g/mol. The summed E-state index contributed by atoms with van der Waals surface area (Å²) in [6.45, 7) is 8.52. The molecule has 2 unspecified atom stereocenters. The van der Waals surface area contributed by atoms with Gasteiger partial charge in [0.15, 0.2) is 0 Å². The van der Waals surface area contributed by atoms with Gasteiger partial charge in [0.1, 0.15) is 11.6 Å². The fourth-order valence-electron chi connectivity index (χ4n) is 3.62. The van der Waals surface area contributed by atoms with Crippen molar-refractivity contribution >= 4 is 0 Å². The average molecular weight is 295 g/mol. The lowest BCUT2D eigenvalue weighted by atomic mass is 9.65. The van der Waals surface area contributed by atoms with Gasteiger partial charge in [0.2, 0.25) is 0 Å². The van der Waals surface area contributed by atoms with E-state index in [0.29, 0.717) is 18.3 Å². The van der Waals surface area contributed by atoms with Crippen LogP contribution in [-0.2, 0) is 6.42 Å². The molecule has 0 saturated heterocycles. The molecule has 0 radical (unpaired) electrons. The van der Waals surface area contributed by atoms with Crippen LogP contribution in [-0.4, -0.2) is 13.1 Å². The highest BCUT2D eigenvalue weighted by atomic mass is 19.1. The molecule has 1 saturated carbocycles. The van der Waals surface area contributed by atoms with Crippen molar-refractivity contribution in [2.24, 2.45) is 17.3 Å². The smallest absolute Gasteiger partial charge is 0.129 e. The second kappa shape index (κ2) is 6.87. The van der Waals surface area contributed by atoms with E-state index in [4.69, 9.17) is 0 Å². The summed E-state index contributed by atoms with van der Waals surface area (Å²) >= 11 is 0. The molecule has 21 heavy (non-hydrogen) atoms. The number of halogens is 2. The maximum Gasteiger partial charge on any atom is 0.129 e. The van der Waals surface area contributed by atoms with Gasteiger partial charge in [0, 0.05) is 5.56 Å². The SMILES string of the molecule is CCNCC1CCC(C)(C)CC1Cc1c(F)cccc1F. The van der Waals surface area contributed by atoms with Gasteiger partial charge in [-0.2, -0.15) is 0 Å². The molecule has 0 aliphatic heterocycles. The van der Waals surface area contributed by atoms with Crippen LogP contribution in [0.2, 0.25) is 0 Å². The van der Waals surface area contributed by atoms with Crippen LogP contribution in [0.4, 0.5) is 8.78 Å². The van der Waals surface area contributed by atoms with E-state index >= 15 is 0 Å². The number of rotatable bonds is 5. The Morgan fingerprint density at radius 3 is 2.48 bits per heavy atom.